The highest BCUT2D eigenvalue weighted by Gasteiger charge is 2.15. The van der Waals surface area contributed by atoms with Crippen LogP contribution in [0.1, 0.15) is 57.8 Å². The number of hydrogen-bond donors (Lipinski definition) is 2. The van der Waals surface area contributed by atoms with Gasteiger partial charge in [-0.2, -0.15) is 0 Å². The van der Waals surface area contributed by atoms with Crippen LogP contribution in [0.2, 0.25) is 0 Å². The lowest BCUT2D eigenvalue weighted by molar-refractivity contribution is -0.121. The minimum Gasteiger partial charge on any atom is -0.356 e. The molecule has 122 valence electrons. The minimum atomic E-state index is 0.248. The van der Waals surface area contributed by atoms with Gasteiger partial charge in [0.1, 0.15) is 0 Å². The fourth-order valence-corrected chi connectivity index (χ4v) is 3.43. The van der Waals surface area contributed by atoms with Gasteiger partial charge in [0.25, 0.3) is 0 Å². The van der Waals surface area contributed by atoms with Gasteiger partial charge < -0.3 is 15.5 Å². The van der Waals surface area contributed by atoms with Crippen LogP contribution in [0, 0.1) is 5.92 Å². The molecule has 2 heterocycles. The Morgan fingerprint density at radius 3 is 2.76 bits per heavy atom. The van der Waals surface area contributed by atoms with E-state index < -0.39 is 0 Å². The molecule has 21 heavy (non-hydrogen) atoms. The third-order valence-electron chi connectivity index (χ3n) is 4.86. The van der Waals surface area contributed by atoms with Gasteiger partial charge in [-0.15, -0.1) is 0 Å². The van der Waals surface area contributed by atoms with Crippen LogP contribution >= 0.6 is 0 Å². The Bertz CT molecular complexity index is 284. The Morgan fingerprint density at radius 2 is 2.00 bits per heavy atom. The van der Waals surface area contributed by atoms with Crippen LogP contribution in [0.3, 0.4) is 0 Å². The standard InChI is InChI=1S/C17H33N3O/c21-17(8-7-16-9-11-18-15-16)19-10-3-1-4-12-20-13-5-2-6-14-20/h16,18H,1-15H2,(H,19,21). The smallest absolute Gasteiger partial charge is 0.220 e. The molecule has 4 heteroatoms. The molecule has 2 aliphatic heterocycles. The van der Waals surface area contributed by atoms with Crippen LogP contribution in [-0.4, -0.2) is 50.1 Å². The zero-order chi connectivity index (χ0) is 14.8. The molecule has 2 aliphatic rings. The molecule has 0 aromatic rings. The van der Waals surface area contributed by atoms with Crippen LogP contribution in [-0.2, 0) is 4.79 Å². The highest BCUT2D eigenvalue weighted by atomic mass is 16.1. The summed E-state index contributed by atoms with van der Waals surface area (Å²) in [6, 6.07) is 0. The predicted octanol–water partition coefficient (Wildman–Crippen LogP) is 2.15. The van der Waals surface area contributed by atoms with Crippen LogP contribution < -0.4 is 10.6 Å². The molecule has 1 amide bonds. The number of rotatable bonds is 9. The van der Waals surface area contributed by atoms with Gasteiger partial charge in [0, 0.05) is 13.0 Å². The maximum atomic E-state index is 11.7. The van der Waals surface area contributed by atoms with Crippen molar-refractivity contribution >= 4 is 5.91 Å². The van der Waals surface area contributed by atoms with Crippen molar-refractivity contribution in [1.82, 2.24) is 15.5 Å². The summed E-state index contributed by atoms with van der Waals surface area (Å²) < 4.78 is 0. The molecule has 0 bridgehead atoms. The first-order valence-corrected chi connectivity index (χ1v) is 9.04. The molecular formula is C17H33N3O. The summed E-state index contributed by atoms with van der Waals surface area (Å²) in [7, 11) is 0. The van der Waals surface area contributed by atoms with E-state index in [2.05, 4.69) is 15.5 Å². The highest BCUT2D eigenvalue weighted by molar-refractivity contribution is 5.75. The van der Waals surface area contributed by atoms with E-state index in [1.165, 1.54) is 58.2 Å². The van der Waals surface area contributed by atoms with Gasteiger partial charge >= 0.3 is 0 Å². The zero-order valence-corrected chi connectivity index (χ0v) is 13.5. The molecule has 4 nitrogen and oxygen atoms in total. The van der Waals surface area contributed by atoms with Gasteiger partial charge in [-0.05, 0) is 77.2 Å². The molecule has 2 rings (SSSR count). The van der Waals surface area contributed by atoms with E-state index in [-0.39, 0.29) is 5.91 Å². The van der Waals surface area contributed by atoms with E-state index in [1.807, 2.05) is 0 Å². The number of piperidine rings is 1. The fraction of sp³-hybridized carbons (Fsp3) is 0.941. The minimum absolute atomic E-state index is 0.248. The molecule has 0 saturated carbocycles. The number of nitrogens with zero attached hydrogens (tertiary/aromatic N) is 1. The Balaban J connectivity index is 1.37. The largest absolute Gasteiger partial charge is 0.356 e. The van der Waals surface area contributed by atoms with Crippen LogP contribution in [0.15, 0.2) is 0 Å². The highest BCUT2D eigenvalue weighted by Crippen LogP contribution is 2.14. The van der Waals surface area contributed by atoms with Gasteiger partial charge in [-0.25, -0.2) is 0 Å². The summed E-state index contributed by atoms with van der Waals surface area (Å²) in [4.78, 5) is 14.3. The first-order valence-electron chi connectivity index (χ1n) is 9.04. The SMILES string of the molecule is O=C(CCC1CCNC1)NCCCCCN1CCCCC1. The number of carbonyl (C=O) groups excluding carboxylic acids is 1. The van der Waals surface area contributed by atoms with Crippen molar-refractivity contribution in [3.63, 3.8) is 0 Å². The fourth-order valence-electron chi connectivity index (χ4n) is 3.43. The number of unbranched alkanes of at least 4 members (excludes halogenated alkanes) is 2. The van der Waals surface area contributed by atoms with Crippen molar-refractivity contribution in [1.29, 1.82) is 0 Å². The first-order chi connectivity index (χ1) is 10.3. The van der Waals surface area contributed by atoms with E-state index in [9.17, 15) is 4.79 Å². The quantitative estimate of drug-likeness (QED) is 0.641. The van der Waals surface area contributed by atoms with Gasteiger partial charge in [0.2, 0.25) is 5.91 Å². The van der Waals surface area contributed by atoms with Crippen molar-refractivity contribution < 1.29 is 4.79 Å². The zero-order valence-electron chi connectivity index (χ0n) is 13.5. The summed E-state index contributed by atoms with van der Waals surface area (Å²) in [5.74, 6) is 0.971. The molecule has 2 saturated heterocycles. The van der Waals surface area contributed by atoms with Crippen LogP contribution in [0.4, 0.5) is 0 Å². The summed E-state index contributed by atoms with van der Waals surface area (Å²) >= 11 is 0. The summed E-state index contributed by atoms with van der Waals surface area (Å²) in [5, 5.41) is 6.43. The molecule has 2 N–H and O–H groups in total. The molecule has 1 atom stereocenters. The Labute approximate surface area is 130 Å². The maximum absolute atomic E-state index is 11.7. The van der Waals surface area contributed by atoms with E-state index in [1.54, 1.807) is 0 Å². The lowest BCUT2D eigenvalue weighted by atomic mass is 10.0. The number of hydrogen-bond acceptors (Lipinski definition) is 3. The van der Waals surface area contributed by atoms with E-state index in [4.69, 9.17) is 0 Å². The summed E-state index contributed by atoms with van der Waals surface area (Å²) in [6.07, 6.45) is 10.8. The van der Waals surface area contributed by atoms with E-state index in [0.29, 0.717) is 6.42 Å². The number of nitrogens with one attached hydrogen (secondary N) is 2. The van der Waals surface area contributed by atoms with Crippen molar-refractivity contribution in [2.24, 2.45) is 5.92 Å². The van der Waals surface area contributed by atoms with Gasteiger partial charge in [0.05, 0.1) is 0 Å². The predicted molar refractivity (Wildman–Crippen MR) is 87.4 cm³/mol. The third-order valence-corrected chi connectivity index (χ3v) is 4.86. The molecule has 1 unspecified atom stereocenters. The number of likely N-dealkylation sites (tertiary alicyclic amines) is 1. The lowest BCUT2D eigenvalue weighted by Gasteiger charge is -2.26. The molecule has 0 aliphatic carbocycles. The third kappa shape index (κ3) is 7.28. The van der Waals surface area contributed by atoms with Crippen molar-refractivity contribution in [2.45, 2.75) is 57.8 Å². The van der Waals surface area contributed by atoms with E-state index in [0.717, 1.165) is 38.4 Å². The maximum Gasteiger partial charge on any atom is 0.220 e. The normalized spacial score (nSPS) is 23.3. The monoisotopic (exact) mass is 295 g/mol. The van der Waals surface area contributed by atoms with Gasteiger partial charge in [-0.3, -0.25) is 4.79 Å². The average molecular weight is 295 g/mol. The molecule has 0 aromatic carbocycles. The molecule has 0 aromatic heterocycles. The second-order valence-electron chi connectivity index (χ2n) is 6.71. The molecule has 2 fully saturated rings. The van der Waals surface area contributed by atoms with Crippen molar-refractivity contribution in [3.8, 4) is 0 Å². The molecular weight excluding hydrogens is 262 g/mol. The summed E-state index contributed by atoms with van der Waals surface area (Å²) in [5.41, 5.74) is 0. The second kappa shape index (κ2) is 10.2. The molecule has 0 spiro atoms. The average Bonchev–Trinajstić information content (AvgIpc) is 3.03. The Kier molecular flexibility index (Phi) is 8.12. The Hall–Kier alpha value is -0.610. The van der Waals surface area contributed by atoms with Gasteiger partial charge in [0.15, 0.2) is 0 Å². The van der Waals surface area contributed by atoms with E-state index >= 15 is 0 Å². The number of carbonyl (C=O) groups is 1. The lowest BCUT2D eigenvalue weighted by Crippen LogP contribution is -2.30. The van der Waals surface area contributed by atoms with Crippen LogP contribution in [0.25, 0.3) is 0 Å². The molecule has 0 radical (unpaired) electrons. The summed E-state index contributed by atoms with van der Waals surface area (Å²) in [6.45, 7) is 6.94. The number of amides is 1. The van der Waals surface area contributed by atoms with Crippen molar-refractivity contribution in [3.05, 3.63) is 0 Å². The van der Waals surface area contributed by atoms with Gasteiger partial charge in [-0.1, -0.05) is 12.8 Å². The second-order valence-corrected chi connectivity index (χ2v) is 6.71. The Morgan fingerprint density at radius 1 is 1.14 bits per heavy atom. The topological polar surface area (TPSA) is 44.4 Å². The first kappa shape index (κ1) is 16.8. The van der Waals surface area contributed by atoms with Crippen molar-refractivity contribution in [2.75, 3.05) is 39.3 Å². The van der Waals surface area contributed by atoms with Crippen LogP contribution in [0.5, 0.6) is 0 Å².